The first-order valence-electron chi connectivity index (χ1n) is 9.57. The van der Waals surface area contributed by atoms with Crippen LogP contribution in [-0.4, -0.2) is 30.1 Å². The molecule has 2 aromatic rings. The molecule has 0 saturated carbocycles. The van der Waals surface area contributed by atoms with E-state index in [1.807, 2.05) is 17.4 Å². The van der Waals surface area contributed by atoms with Crippen LogP contribution in [0.4, 0.5) is 0 Å². The molecule has 2 aliphatic heterocycles. The third-order valence-corrected chi connectivity index (χ3v) is 6.67. The third-order valence-electron chi connectivity index (χ3n) is 5.67. The standard InChI is InChI=1S/C22H28N2OS/c1-3-12-24-13-10-22(11-14-24)15-20(19-6-4-5-7-21(19)25-22)23-16-18-9-8-17(2)26-18/h3-9,20,23H,1,10-16H2,2H3/t20-/m1/s1. The quantitative estimate of drug-likeness (QED) is 0.775. The van der Waals surface area contributed by atoms with E-state index in [0.717, 1.165) is 51.2 Å². The van der Waals surface area contributed by atoms with Gasteiger partial charge in [0.2, 0.25) is 0 Å². The van der Waals surface area contributed by atoms with Crippen molar-refractivity contribution >= 4 is 11.3 Å². The number of nitrogens with zero attached hydrogens (tertiary/aromatic N) is 1. The highest BCUT2D eigenvalue weighted by molar-refractivity contribution is 7.11. The average Bonchev–Trinajstić information content (AvgIpc) is 3.07. The minimum Gasteiger partial charge on any atom is -0.487 e. The summed E-state index contributed by atoms with van der Waals surface area (Å²) in [6.45, 7) is 10.1. The molecule has 4 rings (SSSR count). The number of rotatable bonds is 5. The molecule has 1 N–H and O–H groups in total. The molecule has 2 aliphatic rings. The van der Waals surface area contributed by atoms with E-state index < -0.39 is 0 Å². The lowest BCUT2D eigenvalue weighted by Gasteiger charge is -2.47. The summed E-state index contributed by atoms with van der Waals surface area (Å²) in [5.41, 5.74) is 1.27. The number of nitrogens with one attached hydrogen (secondary N) is 1. The van der Waals surface area contributed by atoms with Gasteiger partial charge >= 0.3 is 0 Å². The van der Waals surface area contributed by atoms with Crippen molar-refractivity contribution in [3.05, 3.63) is 64.4 Å². The molecule has 4 heteroatoms. The third kappa shape index (κ3) is 3.73. The predicted octanol–water partition coefficient (Wildman–Crippen LogP) is 4.69. The molecule has 1 spiro atoms. The van der Waals surface area contributed by atoms with Crippen LogP contribution in [0.1, 0.15) is 40.6 Å². The van der Waals surface area contributed by atoms with Gasteiger partial charge in [0.15, 0.2) is 0 Å². The number of para-hydroxylation sites is 1. The number of hydrogen-bond donors (Lipinski definition) is 1. The Hall–Kier alpha value is -1.62. The Morgan fingerprint density at radius 2 is 2.08 bits per heavy atom. The minimum atomic E-state index is -0.0327. The van der Waals surface area contributed by atoms with E-state index in [1.54, 1.807) is 0 Å². The maximum Gasteiger partial charge on any atom is 0.124 e. The summed E-state index contributed by atoms with van der Waals surface area (Å²) in [7, 11) is 0. The van der Waals surface area contributed by atoms with Crippen LogP contribution in [0.25, 0.3) is 0 Å². The number of piperidine rings is 1. The lowest BCUT2D eigenvalue weighted by Crippen LogP contribution is -2.51. The molecule has 26 heavy (non-hydrogen) atoms. The lowest BCUT2D eigenvalue weighted by atomic mass is 9.80. The minimum absolute atomic E-state index is 0.0327. The molecule has 3 nitrogen and oxygen atoms in total. The first-order chi connectivity index (χ1) is 12.7. The second-order valence-corrected chi connectivity index (χ2v) is 8.93. The summed E-state index contributed by atoms with van der Waals surface area (Å²) < 4.78 is 6.58. The van der Waals surface area contributed by atoms with Crippen LogP contribution in [0.2, 0.25) is 0 Å². The van der Waals surface area contributed by atoms with Gasteiger partial charge in [-0.3, -0.25) is 4.90 Å². The molecule has 0 amide bonds. The molecule has 1 atom stereocenters. The Kier molecular flexibility index (Phi) is 5.16. The van der Waals surface area contributed by atoms with Gasteiger partial charge in [-0.1, -0.05) is 24.3 Å². The van der Waals surface area contributed by atoms with Crippen molar-refractivity contribution in [2.75, 3.05) is 19.6 Å². The predicted molar refractivity (Wildman–Crippen MR) is 109 cm³/mol. The maximum atomic E-state index is 6.58. The van der Waals surface area contributed by atoms with Gasteiger partial charge in [0, 0.05) is 54.0 Å². The molecule has 1 fully saturated rings. The maximum absolute atomic E-state index is 6.58. The van der Waals surface area contributed by atoms with E-state index >= 15 is 0 Å². The number of fused-ring (bicyclic) bond motifs is 1. The average molecular weight is 369 g/mol. The fourth-order valence-corrected chi connectivity index (χ4v) is 5.08. The fraction of sp³-hybridized carbons (Fsp3) is 0.455. The van der Waals surface area contributed by atoms with Gasteiger partial charge < -0.3 is 10.1 Å². The van der Waals surface area contributed by atoms with Crippen LogP contribution in [0, 0.1) is 6.92 Å². The van der Waals surface area contributed by atoms with Gasteiger partial charge in [0.25, 0.3) is 0 Å². The monoisotopic (exact) mass is 368 g/mol. The van der Waals surface area contributed by atoms with E-state index in [9.17, 15) is 0 Å². The number of aryl methyl sites for hydroxylation is 1. The van der Waals surface area contributed by atoms with Crippen molar-refractivity contribution < 1.29 is 4.74 Å². The van der Waals surface area contributed by atoms with E-state index in [2.05, 4.69) is 60.1 Å². The zero-order valence-corrected chi connectivity index (χ0v) is 16.4. The van der Waals surface area contributed by atoms with Gasteiger partial charge in [-0.05, 0) is 38.0 Å². The Morgan fingerprint density at radius 3 is 2.81 bits per heavy atom. The molecule has 0 bridgehead atoms. The van der Waals surface area contributed by atoms with Crippen molar-refractivity contribution in [2.24, 2.45) is 0 Å². The fourth-order valence-electron chi connectivity index (χ4n) is 4.24. The van der Waals surface area contributed by atoms with Crippen molar-refractivity contribution in [1.29, 1.82) is 0 Å². The summed E-state index contributed by atoms with van der Waals surface area (Å²) >= 11 is 1.88. The Morgan fingerprint density at radius 1 is 1.27 bits per heavy atom. The molecule has 1 aromatic carbocycles. The van der Waals surface area contributed by atoms with Crippen LogP contribution in [0.3, 0.4) is 0 Å². The highest BCUT2D eigenvalue weighted by Crippen LogP contribution is 2.44. The summed E-state index contributed by atoms with van der Waals surface area (Å²) in [5.74, 6) is 1.07. The van der Waals surface area contributed by atoms with Gasteiger partial charge in [-0.25, -0.2) is 0 Å². The number of thiophene rings is 1. The smallest absolute Gasteiger partial charge is 0.124 e. The van der Waals surface area contributed by atoms with Gasteiger partial charge in [-0.15, -0.1) is 17.9 Å². The Labute approximate surface area is 160 Å². The molecule has 0 radical (unpaired) electrons. The van der Waals surface area contributed by atoms with E-state index in [4.69, 9.17) is 4.74 Å². The van der Waals surface area contributed by atoms with Crippen molar-refractivity contribution in [3.63, 3.8) is 0 Å². The zero-order chi connectivity index (χ0) is 18.0. The molecule has 1 aromatic heterocycles. The second-order valence-electron chi connectivity index (χ2n) is 7.56. The lowest BCUT2D eigenvalue weighted by molar-refractivity contribution is -0.0232. The molecular formula is C22H28N2OS. The molecule has 0 unspecified atom stereocenters. The number of ether oxygens (including phenoxy) is 1. The molecule has 138 valence electrons. The number of benzene rings is 1. The van der Waals surface area contributed by atoms with Crippen molar-refractivity contribution in [2.45, 2.75) is 44.4 Å². The van der Waals surface area contributed by atoms with Crippen LogP contribution < -0.4 is 10.1 Å². The largest absolute Gasteiger partial charge is 0.487 e. The van der Waals surface area contributed by atoms with Crippen molar-refractivity contribution in [3.8, 4) is 5.75 Å². The molecule has 3 heterocycles. The van der Waals surface area contributed by atoms with Gasteiger partial charge in [-0.2, -0.15) is 0 Å². The SMILES string of the molecule is C=CCN1CCC2(CC1)C[C@@H](NCc1ccc(C)s1)c1ccccc1O2. The normalized spacial score (nSPS) is 22.0. The zero-order valence-electron chi connectivity index (χ0n) is 15.5. The van der Waals surface area contributed by atoms with Crippen molar-refractivity contribution in [1.82, 2.24) is 10.2 Å². The van der Waals surface area contributed by atoms with Crippen LogP contribution in [0.5, 0.6) is 5.75 Å². The first kappa shape index (κ1) is 17.8. The van der Waals surface area contributed by atoms with E-state index in [1.165, 1.54) is 15.3 Å². The number of likely N-dealkylation sites (tertiary alicyclic amines) is 1. The Bertz CT molecular complexity index is 761. The molecular weight excluding hydrogens is 340 g/mol. The van der Waals surface area contributed by atoms with Crippen LogP contribution >= 0.6 is 11.3 Å². The molecule has 0 aliphatic carbocycles. The summed E-state index contributed by atoms with van der Waals surface area (Å²) in [6.07, 6.45) is 5.23. The van der Waals surface area contributed by atoms with Crippen LogP contribution in [0.15, 0.2) is 49.1 Å². The second kappa shape index (κ2) is 7.55. The highest BCUT2D eigenvalue weighted by Gasteiger charge is 2.42. The summed E-state index contributed by atoms with van der Waals surface area (Å²) in [6, 6.07) is 13.4. The van der Waals surface area contributed by atoms with E-state index in [-0.39, 0.29) is 5.60 Å². The Balaban J connectivity index is 1.50. The topological polar surface area (TPSA) is 24.5 Å². The summed E-state index contributed by atoms with van der Waals surface area (Å²) in [4.78, 5) is 5.25. The highest BCUT2D eigenvalue weighted by atomic mass is 32.1. The molecule has 1 saturated heterocycles. The summed E-state index contributed by atoms with van der Waals surface area (Å²) in [5, 5.41) is 3.82. The number of hydrogen-bond acceptors (Lipinski definition) is 4. The first-order valence-corrected chi connectivity index (χ1v) is 10.4. The van der Waals surface area contributed by atoms with Gasteiger partial charge in [0.05, 0.1) is 0 Å². The van der Waals surface area contributed by atoms with Crippen LogP contribution in [-0.2, 0) is 6.54 Å². The van der Waals surface area contributed by atoms with E-state index in [0.29, 0.717) is 6.04 Å². The van der Waals surface area contributed by atoms with Gasteiger partial charge in [0.1, 0.15) is 11.4 Å².